The van der Waals surface area contributed by atoms with Crippen molar-refractivity contribution in [1.29, 1.82) is 0 Å². The van der Waals surface area contributed by atoms with Gasteiger partial charge in [0.1, 0.15) is 5.56 Å². The van der Waals surface area contributed by atoms with Gasteiger partial charge in [-0.15, -0.1) is 0 Å². The van der Waals surface area contributed by atoms with Crippen molar-refractivity contribution < 1.29 is 9.90 Å². The minimum Gasteiger partial charge on any atom is -0.477 e. The Morgan fingerprint density at radius 1 is 1.40 bits per heavy atom. The summed E-state index contributed by atoms with van der Waals surface area (Å²) in [6.45, 7) is 5.00. The number of carbonyl (C=O) groups is 1. The number of piperazine rings is 1. The molecule has 1 atom stereocenters. The van der Waals surface area contributed by atoms with E-state index in [0.717, 1.165) is 19.6 Å². The fraction of sp³-hybridized carbons (Fsp3) is 0.571. The number of aromatic nitrogens is 1. The molecule has 0 bridgehead atoms. The summed E-state index contributed by atoms with van der Waals surface area (Å²) < 4.78 is 1.51. The van der Waals surface area contributed by atoms with Crippen LogP contribution in [0.25, 0.3) is 0 Å². The van der Waals surface area contributed by atoms with Crippen LogP contribution >= 0.6 is 0 Å². The van der Waals surface area contributed by atoms with Crippen LogP contribution in [0.5, 0.6) is 0 Å². The van der Waals surface area contributed by atoms with Crippen molar-refractivity contribution in [2.24, 2.45) is 0 Å². The Labute approximate surface area is 118 Å². The third-order valence-electron chi connectivity index (χ3n) is 3.98. The van der Waals surface area contributed by atoms with E-state index >= 15 is 0 Å². The lowest BCUT2D eigenvalue weighted by molar-refractivity contribution is 0.0692. The van der Waals surface area contributed by atoms with Crippen LogP contribution in [0.4, 0.5) is 0 Å². The average Bonchev–Trinajstić information content (AvgIpc) is 2.37. The molecule has 1 N–H and O–H groups in total. The Kier molecular flexibility index (Phi) is 4.25. The van der Waals surface area contributed by atoms with Crippen molar-refractivity contribution in [3.05, 3.63) is 33.7 Å². The molecule has 1 aliphatic rings. The van der Waals surface area contributed by atoms with Crippen molar-refractivity contribution in [2.45, 2.75) is 19.5 Å². The number of likely N-dealkylation sites (N-methyl/N-ethyl adjacent to an activating group) is 2. The van der Waals surface area contributed by atoms with Crippen LogP contribution in [0.15, 0.2) is 17.1 Å². The summed E-state index contributed by atoms with van der Waals surface area (Å²) in [6.07, 6.45) is 1.69. The highest BCUT2D eigenvalue weighted by atomic mass is 16.4. The Morgan fingerprint density at radius 3 is 2.75 bits per heavy atom. The monoisotopic (exact) mass is 279 g/mol. The number of nitrogens with zero attached hydrogens (tertiary/aromatic N) is 3. The van der Waals surface area contributed by atoms with Gasteiger partial charge in [-0.2, -0.15) is 0 Å². The van der Waals surface area contributed by atoms with Crippen LogP contribution < -0.4 is 5.56 Å². The molecule has 0 aromatic carbocycles. The van der Waals surface area contributed by atoms with Gasteiger partial charge in [0, 0.05) is 38.4 Å². The summed E-state index contributed by atoms with van der Waals surface area (Å²) >= 11 is 0. The molecule has 6 heteroatoms. The lowest BCUT2D eigenvalue weighted by Crippen LogP contribution is -2.52. The standard InChI is InChI=1S/C14H21N3O3/c1-10-4-5-17(13(18)12(10)14(19)20)9-11-8-15(2)6-7-16(11)3/h4-5,11H,6-9H2,1-3H3,(H,19,20). The Bertz CT molecular complexity index is 567. The SMILES string of the molecule is Cc1ccn(CC2CN(C)CCN2C)c(=O)c1C(=O)O. The van der Waals surface area contributed by atoms with E-state index in [2.05, 4.69) is 16.8 Å². The van der Waals surface area contributed by atoms with E-state index in [4.69, 9.17) is 5.11 Å². The van der Waals surface area contributed by atoms with Crippen LogP contribution in [0.1, 0.15) is 15.9 Å². The molecule has 0 amide bonds. The zero-order valence-corrected chi connectivity index (χ0v) is 12.2. The molecule has 1 aromatic rings. The van der Waals surface area contributed by atoms with Gasteiger partial charge in [0.15, 0.2) is 0 Å². The van der Waals surface area contributed by atoms with Crippen LogP contribution in [-0.2, 0) is 6.54 Å². The first-order valence-corrected chi connectivity index (χ1v) is 6.72. The van der Waals surface area contributed by atoms with E-state index in [1.165, 1.54) is 4.57 Å². The molecule has 0 saturated carbocycles. The molecule has 1 fully saturated rings. The summed E-state index contributed by atoms with van der Waals surface area (Å²) in [7, 11) is 4.09. The van der Waals surface area contributed by atoms with Crippen LogP contribution in [0.2, 0.25) is 0 Å². The summed E-state index contributed by atoms with van der Waals surface area (Å²) in [5.41, 5.74) is -0.0358. The van der Waals surface area contributed by atoms with Gasteiger partial charge in [0.25, 0.3) is 5.56 Å². The number of carboxylic acids is 1. The Balaban J connectivity index is 2.28. The maximum atomic E-state index is 12.2. The molecule has 1 saturated heterocycles. The van der Waals surface area contributed by atoms with Crippen molar-refractivity contribution in [1.82, 2.24) is 14.4 Å². The molecule has 0 spiro atoms. The van der Waals surface area contributed by atoms with Gasteiger partial charge in [-0.25, -0.2) is 4.79 Å². The number of hydrogen-bond donors (Lipinski definition) is 1. The van der Waals surface area contributed by atoms with Crippen molar-refractivity contribution >= 4 is 5.97 Å². The lowest BCUT2D eigenvalue weighted by atomic mass is 10.1. The van der Waals surface area contributed by atoms with Crippen LogP contribution in [0, 0.1) is 6.92 Å². The highest BCUT2D eigenvalue weighted by molar-refractivity contribution is 5.88. The second-order valence-corrected chi connectivity index (χ2v) is 5.53. The van der Waals surface area contributed by atoms with Crippen molar-refractivity contribution in [2.75, 3.05) is 33.7 Å². The van der Waals surface area contributed by atoms with Crippen LogP contribution in [-0.4, -0.2) is 65.2 Å². The van der Waals surface area contributed by atoms with E-state index in [1.807, 2.05) is 7.05 Å². The van der Waals surface area contributed by atoms with Gasteiger partial charge in [-0.1, -0.05) is 0 Å². The first-order valence-electron chi connectivity index (χ1n) is 6.72. The molecule has 2 rings (SSSR count). The second-order valence-electron chi connectivity index (χ2n) is 5.53. The fourth-order valence-corrected chi connectivity index (χ4v) is 2.59. The number of carboxylic acid groups (broad SMARTS) is 1. The predicted molar refractivity (Wildman–Crippen MR) is 76.3 cm³/mol. The van der Waals surface area contributed by atoms with E-state index in [-0.39, 0.29) is 11.6 Å². The molecule has 20 heavy (non-hydrogen) atoms. The molecular weight excluding hydrogens is 258 g/mol. The molecule has 1 aliphatic heterocycles. The molecular formula is C14H21N3O3. The molecule has 0 radical (unpaired) electrons. The van der Waals surface area contributed by atoms with Gasteiger partial charge in [0.2, 0.25) is 0 Å². The Hall–Kier alpha value is -1.66. The van der Waals surface area contributed by atoms with Crippen LogP contribution in [0.3, 0.4) is 0 Å². The number of hydrogen-bond acceptors (Lipinski definition) is 4. The minimum absolute atomic E-state index is 0.126. The summed E-state index contributed by atoms with van der Waals surface area (Å²) in [5, 5.41) is 9.14. The topological polar surface area (TPSA) is 65.8 Å². The largest absolute Gasteiger partial charge is 0.477 e. The predicted octanol–water partition coefficient (Wildman–Crippen LogP) is 0.101. The number of rotatable bonds is 3. The van der Waals surface area contributed by atoms with Crippen molar-refractivity contribution in [3.8, 4) is 0 Å². The highest BCUT2D eigenvalue weighted by Gasteiger charge is 2.23. The fourth-order valence-electron chi connectivity index (χ4n) is 2.59. The summed E-state index contributed by atoms with van der Waals surface area (Å²) in [4.78, 5) is 27.9. The number of pyridine rings is 1. The van der Waals surface area contributed by atoms with E-state index < -0.39 is 11.5 Å². The molecule has 110 valence electrons. The molecule has 0 aliphatic carbocycles. The third-order valence-corrected chi connectivity index (χ3v) is 3.98. The molecule has 2 heterocycles. The van der Waals surface area contributed by atoms with Gasteiger partial charge >= 0.3 is 5.97 Å². The summed E-state index contributed by atoms with van der Waals surface area (Å²) in [6, 6.07) is 1.91. The highest BCUT2D eigenvalue weighted by Crippen LogP contribution is 2.09. The smallest absolute Gasteiger partial charge is 0.341 e. The zero-order valence-electron chi connectivity index (χ0n) is 12.2. The minimum atomic E-state index is -1.16. The van der Waals surface area contributed by atoms with Gasteiger partial charge in [0.05, 0.1) is 0 Å². The first-order chi connectivity index (χ1) is 9.40. The number of aromatic carboxylic acids is 1. The first kappa shape index (κ1) is 14.7. The molecule has 6 nitrogen and oxygen atoms in total. The van der Waals surface area contributed by atoms with Gasteiger partial charge in [-0.05, 0) is 32.6 Å². The maximum absolute atomic E-state index is 12.2. The molecule has 1 aromatic heterocycles. The normalized spacial score (nSPS) is 21.1. The maximum Gasteiger partial charge on any atom is 0.341 e. The zero-order chi connectivity index (χ0) is 14.9. The quantitative estimate of drug-likeness (QED) is 0.850. The van der Waals surface area contributed by atoms with Crippen molar-refractivity contribution in [3.63, 3.8) is 0 Å². The lowest BCUT2D eigenvalue weighted by Gasteiger charge is -2.37. The summed E-state index contributed by atoms with van der Waals surface area (Å²) in [5.74, 6) is -1.16. The van der Waals surface area contributed by atoms with E-state index in [9.17, 15) is 9.59 Å². The van der Waals surface area contributed by atoms with E-state index in [1.54, 1.807) is 19.2 Å². The third kappa shape index (κ3) is 2.91. The average molecular weight is 279 g/mol. The van der Waals surface area contributed by atoms with Gasteiger partial charge < -0.3 is 14.6 Å². The number of aryl methyl sites for hydroxylation is 1. The second kappa shape index (κ2) is 5.76. The van der Waals surface area contributed by atoms with E-state index in [0.29, 0.717) is 12.1 Å². The molecule has 1 unspecified atom stereocenters. The van der Waals surface area contributed by atoms with Gasteiger partial charge in [-0.3, -0.25) is 9.69 Å². The Morgan fingerprint density at radius 2 is 2.10 bits per heavy atom.